The standard InChI is InChI=1S/Co.Li.Mn.Ni.2O/q+2;+1;2*+2;2*-2. The van der Waals surface area contributed by atoms with Gasteiger partial charge in [0.15, 0.2) is 0 Å². The van der Waals surface area contributed by atoms with Crippen LogP contribution in [-0.4, -0.2) is 0 Å². The molecular weight excluding hydrogens is 212 g/mol. The third-order valence-electron chi connectivity index (χ3n) is 0. The number of hydrogen-bond acceptors (Lipinski definition) is 0. The zero-order valence-corrected chi connectivity index (χ0v) is 6.05. The van der Waals surface area contributed by atoms with Crippen molar-refractivity contribution in [3.8, 4) is 0 Å². The fourth-order valence-electron chi connectivity index (χ4n) is 0. The van der Waals surface area contributed by atoms with Crippen molar-refractivity contribution in [1.82, 2.24) is 0 Å². The van der Waals surface area contributed by atoms with Gasteiger partial charge in [0, 0.05) is 0 Å². The third kappa shape index (κ3) is 36.9. The van der Waals surface area contributed by atoms with Gasteiger partial charge < -0.3 is 11.0 Å². The van der Waals surface area contributed by atoms with Crippen LogP contribution in [0.3, 0.4) is 0 Å². The van der Waals surface area contributed by atoms with Gasteiger partial charge in [0.1, 0.15) is 0 Å². The van der Waals surface area contributed by atoms with Crippen LogP contribution in [0.4, 0.5) is 0 Å². The van der Waals surface area contributed by atoms with Crippen molar-refractivity contribution in [2.24, 2.45) is 0 Å². The van der Waals surface area contributed by atoms with Crippen LogP contribution in [0, 0.1) is 0 Å². The van der Waals surface area contributed by atoms with Gasteiger partial charge in [0.2, 0.25) is 0 Å². The Balaban J connectivity index is 0. The molecule has 0 heterocycles. The van der Waals surface area contributed by atoms with Crippen molar-refractivity contribution < 1.29 is 80.2 Å². The first-order chi connectivity index (χ1) is 0. The maximum absolute atomic E-state index is 0. The molecule has 0 saturated heterocycles. The summed E-state index contributed by atoms with van der Waals surface area (Å²) in [4.78, 5) is 0. The van der Waals surface area contributed by atoms with Crippen LogP contribution >= 0.6 is 0 Å². The zero-order valence-electron chi connectivity index (χ0n) is 2.84. The minimum atomic E-state index is 0. The Kier molecular flexibility index (Phi) is 988. The average molecular weight is 212 g/mol. The van der Waals surface area contributed by atoms with E-state index >= 15 is 0 Å². The molecule has 6 heteroatoms. The van der Waals surface area contributed by atoms with Gasteiger partial charge in [0.05, 0.1) is 0 Å². The van der Waals surface area contributed by atoms with Crippen LogP contribution in [0.25, 0.3) is 0 Å². The Morgan fingerprint density at radius 3 is 0.833 bits per heavy atom. The molecule has 0 aliphatic heterocycles. The maximum atomic E-state index is 0. The van der Waals surface area contributed by atoms with E-state index in [-0.39, 0.29) is 80.2 Å². The van der Waals surface area contributed by atoms with Gasteiger partial charge in [-0.05, 0) is 0 Å². The molecule has 0 saturated carbocycles. The molecule has 0 aromatic carbocycles. The molecule has 6 heavy (non-hydrogen) atoms. The van der Waals surface area contributed by atoms with Crippen molar-refractivity contribution in [2.75, 3.05) is 0 Å². The second kappa shape index (κ2) is 61.8. The topological polar surface area (TPSA) is 57.0 Å². The summed E-state index contributed by atoms with van der Waals surface area (Å²) < 4.78 is 0. The van der Waals surface area contributed by atoms with Crippen molar-refractivity contribution in [1.29, 1.82) is 0 Å². The van der Waals surface area contributed by atoms with Gasteiger partial charge in [-0.25, -0.2) is 0 Å². The summed E-state index contributed by atoms with van der Waals surface area (Å²) in [5, 5.41) is 0. The second-order valence-electron chi connectivity index (χ2n) is 0. The van der Waals surface area contributed by atoms with Crippen molar-refractivity contribution in [3.05, 3.63) is 0 Å². The van der Waals surface area contributed by atoms with Gasteiger partial charge in [0.25, 0.3) is 0 Å². The van der Waals surface area contributed by atoms with E-state index in [1.54, 1.807) is 0 Å². The van der Waals surface area contributed by atoms with E-state index in [1.165, 1.54) is 0 Å². The third-order valence-corrected chi connectivity index (χ3v) is 0. The molecule has 0 amide bonds. The molecule has 0 fully saturated rings. The van der Waals surface area contributed by atoms with E-state index in [9.17, 15) is 0 Å². The van der Waals surface area contributed by atoms with E-state index < -0.39 is 0 Å². The van der Waals surface area contributed by atoms with Crippen LogP contribution in [0.5, 0.6) is 0 Å². The molecule has 0 aliphatic carbocycles. The molecule has 0 bridgehead atoms. The van der Waals surface area contributed by atoms with Gasteiger partial charge in [-0.3, -0.25) is 0 Å². The largest absolute Gasteiger partial charge is 2.00 e. The first-order valence-electron chi connectivity index (χ1n) is 0. The minimum Gasteiger partial charge on any atom is -2.00 e. The molecule has 0 N–H and O–H groups in total. The molecule has 36 valence electrons. The zero-order chi connectivity index (χ0) is 0. The molecule has 0 spiro atoms. The van der Waals surface area contributed by atoms with E-state index in [0.29, 0.717) is 0 Å². The summed E-state index contributed by atoms with van der Waals surface area (Å²) in [5.74, 6) is 0. The summed E-state index contributed by atoms with van der Waals surface area (Å²) in [6.45, 7) is 0. The quantitative estimate of drug-likeness (QED) is 0.378. The predicted octanol–water partition coefficient (Wildman–Crippen LogP) is -3.24. The molecule has 0 atom stereocenters. The molecule has 0 rings (SSSR count). The average Bonchev–Trinajstić information content (AvgIpc) is 0. The summed E-state index contributed by atoms with van der Waals surface area (Å²) in [6.07, 6.45) is 0. The Morgan fingerprint density at radius 1 is 0.833 bits per heavy atom. The van der Waals surface area contributed by atoms with Crippen molar-refractivity contribution >= 4 is 0 Å². The molecule has 0 aromatic rings. The molecule has 2 radical (unpaired) electrons. The summed E-state index contributed by atoms with van der Waals surface area (Å²) in [5.41, 5.74) is 0. The summed E-state index contributed by atoms with van der Waals surface area (Å²) in [6, 6.07) is 0. The van der Waals surface area contributed by atoms with Crippen LogP contribution in [0.15, 0.2) is 0 Å². The molecule has 0 aliphatic rings. The fourth-order valence-corrected chi connectivity index (χ4v) is 0. The summed E-state index contributed by atoms with van der Waals surface area (Å²) >= 11 is 0. The maximum Gasteiger partial charge on any atom is 2.00 e. The van der Waals surface area contributed by atoms with Gasteiger partial charge >= 0.3 is 69.2 Å². The SMILES string of the molecule is [Co+2].[Li+].[Mn+2].[Ni+2].[O-2].[O-2]. The van der Waals surface area contributed by atoms with Crippen molar-refractivity contribution in [2.45, 2.75) is 0 Å². The minimum absolute atomic E-state index is 0. The fraction of sp³-hybridized carbons (Fsp3) is 0. The molecular formula is CoLiMnNiO2+3. The van der Waals surface area contributed by atoms with Gasteiger partial charge in [-0.15, -0.1) is 0 Å². The number of rotatable bonds is 0. The van der Waals surface area contributed by atoms with Crippen LogP contribution < -0.4 is 18.9 Å². The molecule has 0 unspecified atom stereocenters. The van der Waals surface area contributed by atoms with Crippen LogP contribution in [0.2, 0.25) is 0 Å². The summed E-state index contributed by atoms with van der Waals surface area (Å²) in [7, 11) is 0. The first kappa shape index (κ1) is 95.9. The molecule has 0 aromatic heterocycles. The Bertz CT molecular complexity index is 13.5. The normalized spacial score (nSPS) is 0. The Morgan fingerprint density at radius 2 is 0.833 bits per heavy atom. The van der Waals surface area contributed by atoms with E-state index in [2.05, 4.69) is 0 Å². The first-order valence-corrected chi connectivity index (χ1v) is 0. The Hall–Kier alpha value is 2.04. The van der Waals surface area contributed by atoms with E-state index in [0.717, 1.165) is 0 Å². The van der Waals surface area contributed by atoms with E-state index in [1.807, 2.05) is 0 Å². The molecule has 2 nitrogen and oxygen atoms in total. The second-order valence-corrected chi connectivity index (χ2v) is 0. The van der Waals surface area contributed by atoms with Crippen molar-refractivity contribution in [3.63, 3.8) is 0 Å². The van der Waals surface area contributed by atoms with Gasteiger partial charge in [-0.1, -0.05) is 0 Å². The monoisotopic (exact) mass is 211 g/mol. The van der Waals surface area contributed by atoms with Crippen LogP contribution in [-0.2, 0) is 61.3 Å². The predicted molar refractivity (Wildman–Crippen MR) is 1.37 cm³/mol. The number of hydrogen-bond donors (Lipinski definition) is 0. The van der Waals surface area contributed by atoms with Gasteiger partial charge in [-0.2, -0.15) is 0 Å². The Labute approximate surface area is 79.6 Å². The van der Waals surface area contributed by atoms with Crippen LogP contribution in [0.1, 0.15) is 0 Å². The van der Waals surface area contributed by atoms with E-state index in [4.69, 9.17) is 0 Å². The smallest absolute Gasteiger partial charge is 2.00 e.